The molecule has 1 aliphatic heterocycles. The van der Waals surface area contributed by atoms with E-state index in [0.717, 1.165) is 13.0 Å². The van der Waals surface area contributed by atoms with Crippen molar-refractivity contribution in [3.63, 3.8) is 0 Å². The van der Waals surface area contributed by atoms with E-state index >= 15 is 0 Å². The number of nitrogens with zero attached hydrogens (tertiary/aromatic N) is 1. The summed E-state index contributed by atoms with van der Waals surface area (Å²) in [5.41, 5.74) is 2.85. The minimum Gasteiger partial charge on any atom is -0.104 e. The van der Waals surface area contributed by atoms with E-state index in [0.29, 0.717) is 0 Å². The van der Waals surface area contributed by atoms with Gasteiger partial charge in [-0.25, -0.2) is 0 Å². The van der Waals surface area contributed by atoms with Crippen LogP contribution in [0.5, 0.6) is 0 Å². The average molecular weight is 201 g/mol. The van der Waals surface area contributed by atoms with Gasteiger partial charge in [-0.2, -0.15) is 0 Å². The molecule has 0 N–H and O–H groups in total. The van der Waals surface area contributed by atoms with E-state index in [1.54, 1.807) is 0 Å². The zero-order valence-corrected chi connectivity index (χ0v) is 9.45. The Bertz CT molecular complexity index is 341. The van der Waals surface area contributed by atoms with E-state index in [9.17, 15) is 0 Å². The van der Waals surface area contributed by atoms with Crippen molar-refractivity contribution >= 4 is 5.69 Å². The van der Waals surface area contributed by atoms with Crippen LogP contribution in [0.25, 0.3) is 0 Å². The molecule has 0 aromatic heterocycles. The summed E-state index contributed by atoms with van der Waals surface area (Å²) in [5, 5.41) is 0. The predicted octanol–water partition coefficient (Wildman–Crippen LogP) is 3.72. The zero-order valence-electron chi connectivity index (χ0n) is 9.45. The number of rotatable bonds is 4. The monoisotopic (exact) mass is 201 g/mol. The van der Waals surface area contributed by atoms with Crippen molar-refractivity contribution in [2.24, 2.45) is 0 Å². The molecule has 2 rings (SSSR count). The molecular weight excluding hydrogens is 182 g/mol. The number of hydrogen-bond donors (Lipinski definition) is 0. The van der Waals surface area contributed by atoms with Gasteiger partial charge in [-0.05, 0) is 12.5 Å². The summed E-state index contributed by atoms with van der Waals surface area (Å²) in [4.78, 5) is 2.38. The summed E-state index contributed by atoms with van der Waals surface area (Å²) in [6.45, 7) is 3.40. The third kappa shape index (κ3) is 2.48. The maximum Gasteiger partial charge on any atom is 0.189 e. The maximum absolute atomic E-state index is 2.38. The van der Waals surface area contributed by atoms with Crippen molar-refractivity contribution in [3.8, 4) is 0 Å². The highest BCUT2D eigenvalue weighted by Crippen LogP contribution is 2.25. The summed E-state index contributed by atoms with van der Waals surface area (Å²) in [6, 6.07) is 8.71. The molecule has 0 unspecified atom stereocenters. The van der Waals surface area contributed by atoms with Crippen molar-refractivity contribution in [2.75, 3.05) is 6.54 Å². The van der Waals surface area contributed by atoms with Crippen molar-refractivity contribution in [3.05, 3.63) is 42.1 Å². The summed E-state index contributed by atoms with van der Waals surface area (Å²) in [5.74, 6) is 0. The topological polar surface area (TPSA) is 5.90 Å². The molecule has 0 saturated heterocycles. The van der Waals surface area contributed by atoms with Crippen LogP contribution >= 0.6 is 0 Å². The Morgan fingerprint density at radius 2 is 2.07 bits per heavy atom. The fourth-order valence-corrected chi connectivity index (χ4v) is 2.08. The molecule has 15 heavy (non-hydrogen) atoms. The van der Waals surface area contributed by atoms with Gasteiger partial charge in [0.1, 0.15) is 12.7 Å². The lowest BCUT2D eigenvalue weighted by Gasteiger charge is -2.13. The zero-order chi connectivity index (χ0) is 10.5. The number of fused-ring (bicyclic) bond motifs is 1. The van der Waals surface area contributed by atoms with Crippen LogP contribution in [0.3, 0.4) is 0 Å². The molecule has 0 amide bonds. The Labute approximate surface area is 92.4 Å². The van der Waals surface area contributed by atoms with E-state index in [1.807, 2.05) is 0 Å². The lowest BCUT2D eigenvalue weighted by atomic mass is 10.1. The molecule has 0 aliphatic carbocycles. The van der Waals surface area contributed by atoms with E-state index in [1.165, 1.54) is 30.5 Å². The molecule has 1 radical (unpaired) electrons. The molecule has 0 bridgehead atoms. The third-order valence-corrected chi connectivity index (χ3v) is 2.93. The normalized spacial score (nSPS) is 15.3. The van der Waals surface area contributed by atoms with Crippen LogP contribution in [-0.4, -0.2) is 6.54 Å². The smallest absolute Gasteiger partial charge is 0.104 e. The van der Waals surface area contributed by atoms with Gasteiger partial charge in [0.15, 0.2) is 5.69 Å². The Hall–Kier alpha value is -1.08. The molecule has 1 aliphatic rings. The second-order valence-corrected chi connectivity index (χ2v) is 4.12. The lowest BCUT2D eigenvalue weighted by Crippen LogP contribution is -2.22. The fraction of sp³-hybridized carbons (Fsp3) is 0.429. The number of anilines is 1. The third-order valence-electron chi connectivity index (χ3n) is 2.93. The number of unbranched alkanes of at least 4 members (excludes halogenated alkanes) is 2. The van der Waals surface area contributed by atoms with Gasteiger partial charge in [0, 0.05) is 24.5 Å². The average Bonchev–Trinajstić information content (AvgIpc) is 2.30. The predicted molar refractivity (Wildman–Crippen MR) is 65.5 cm³/mol. The number of hydrogen-bond acceptors (Lipinski definition) is 1. The molecule has 1 nitrogen and oxygen atoms in total. The van der Waals surface area contributed by atoms with Crippen molar-refractivity contribution in [2.45, 2.75) is 32.6 Å². The summed E-state index contributed by atoms with van der Waals surface area (Å²) >= 11 is 0. The van der Waals surface area contributed by atoms with Gasteiger partial charge in [-0.1, -0.05) is 31.5 Å². The van der Waals surface area contributed by atoms with Crippen LogP contribution in [-0.2, 0) is 6.42 Å². The largest absolute Gasteiger partial charge is 0.189 e. The highest BCUT2D eigenvalue weighted by atomic mass is 15.1. The maximum atomic E-state index is 2.38. The number of allylic oxidation sites excluding steroid dienone is 1. The molecule has 1 aromatic carbocycles. The molecule has 1 heterocycles. The minimum absolute atomic E-state index is 1.08. The van der Waals surface area contributed by atoms with Crippen LogP contribution in [0.15, 0.2) is 36.5 Å². The van der Waals surface area contributed by atoms with Gasteiger partial charge >= 0.3 is 0 Å². The summed E-state index contributed by atoms with van der Waals surface area (Å²) in [6.07, 6.45) is 9.48. The molecular formula is C14H19N+. The van der Waals surface area contributed by atoms with Crippen molar-refractivity contribution in [1.82, 2.24) is 4.90 Å². The quantitative estimate of drug-likeness (QED) is 0.517. The number of benzene rings is 1. The van der Waals surface area contributed by atoms with Gasteiger partial charge in [-0.15, -0.1) is 4.90 Å². The standard InChI is InChI=1S/C14H19N/c1-2-3-6-11-15-12-7-9-13-8-4-5-10-14(13)15/h4-5,7-8,10,12H,2-3,6,9,11H2,1H3/q+1. The molecule has 0 saturated carbocycles. The highest BCUT2D eigenvalue weighted by molar-refractivity contribution is 5.51. The number of para-hydroxylation sites is 1. The molecule has 1 heteroatoms. The van der Waals surface area contributed by atoms with E-state index in [2.05, 4.69) is 48.4 Å². The first-order valence-corrected chi connectivity index (χ1v) is 5.93. The van der Waals surface area contributed by atoms with Gasteiger partial charge in [0.2, 0.25) is 0 Å². The van der Waals surface area contributed by atoms with Crippen LogP contribution in [0.2, 0.25) is 0 Å². The van der Waals surface area contributed by atoms with Gasteiger partial charge in [-0.3, -0.25) is 0 Å². The molecule has 79 valence electrons. The fourth-order valence-electron chi connectivity index (χ4n) is 2.08. The first-order chi connectivity index (χ1) is 7.42. The summed E-state index contributed by atoms with van der Waals surface area (Å²) in [7, 11) is 0. The second-order valence-electron chi connectivity index (χ2n) is 4.12. The summed E-state index contributed by atoms with van der Waals surface area (Å²) < 4.78 is 0. The Kier molecular flexibility index (Phi) is 3.57. The lowest BCUT2D eigenvalue weighted by molar-refractivity contribution is 0.590. The first kappa shape index (κ1) is 10.4. The molecule has 0 spiro atoms. The van der Waals surface area contributed by atoms with Crippen LogP contribution in [0.1, 0.15) is 31.7 Å². The van der Waals surface area contributed by atoms with Gasteiger partial charge < -0.3 is 0 Å². The van der Waals surface area contributed by atoms with Crippen LogP contribution in [0.4, 0.5) is 5.69 Å². The van der Waals surface area contributed by atoms with Gasteiger partial charge in [0.05, 0.1) is 0 Å². The first-order valence-electron chi connectivity index (χ1n) is 5.93. The van der Waals surface area contributed by atoms with Crippen LogP contribution < -0.4 is 4.90 Å². The van der Waals surface area contributed by atoms with Crippen LogP contribution in [0, 0.1) is 0 Å². The molecule has 1 aromatic rings. The minimum atomic E-state index is 1.08. The van der Waals surface area contributed by atoms with E-state index in [-0.39, 0.29) is 0 Å². The Morgan fingerprint density at radius 3 is 2.93 bits per heavy atom. The van der Waals surface area contributed by atoms with Crippen molar-refractivity contribution < 1.29 is 0 Å². The second kappa shape index (κ2) is 5.13. The SMILES string of the molecule is CCCCC[N+]1C=CCc2ccccc21. The van der Waals surface area contributed by atoms with E-state index < -0.39 is 0 Å². The van der Waals surface area contributed by atoms with Crippen molar-refractivity contribution in [1.29, 1.82) is 0 Å². The molecule has 0 atom stereocenters. The van der Waals surface area contributed by atoms with Gasteiger partial charge in [0.25, 0.3) is 0 Å². The molecule has 0 fully saturated rings. The Morgan fingerprint density at radius 1 is 1.20 bits per heavy atom. The highest BCUT2D eigenvalue weighted by Gasteiger charge is 2.21. The van der Waals surface area contributed by atoms with E-state index in [4.69, 9.17) is 0 Å². The Balaban J connectivity index is 2.05.